The summed E-state index contributed by atoms with van der Waals surface area (Å²) < 4.78 is 0. The Morgan fingerprint density at radius 2 is 2.12 bits per heavy atom. The predicted molar refractivity (Wildman–Crippen MR) is 56.2 cm³/mol. The Morgan fingerprint density at radius 3 is 2.81 bits per heavy atom. The minimum atomic E-state index is -0.345. The van der Waals surface area contributed by atoms with Crippen molar-refractivity contribution in [1.82, 2.24) is 25.6 Å². The normalized spacial score (nSPS) is 16.2. The lowest BCUT2D eigenvalue weighted by Gasteiger charge is -2.24. The summed E-state index contributed by atoms with van der Waals surface area (Å²) in [5, 5.41) is 11.8. The van der Waals surface area contributed by atoms with Crippen LogP contribution in [0.4, 0.5) is 5.95 Å². The summed E-state index contributed by atoms with van der Waals surface area (Å²) in [6, 6.07) is 0. The number of rotatable bonds is 3. The van der Waals surface area contributed by atoms with Gasteiger partial charge in [0.15, 0.2) is 0 Å². The third kappa shape index (κ3) is 2.45. The molecule has 2 rings (SSSR count). The van der Waals surface area contributed by atoms with Gasteiger partial charge in [-0.2, -0.15) is 4.80 Å². The molecule has 2 heterocycles. The second kappa shape index (κ2) is 4.88. The first-order valence-corrected chi connectivity index (χ1v) is 5.32. The van der Waals surface area contributed by atoms with Crippen LogP contribution in [0.25, 0.3) is 0 Å². The van der Waals surface area contributed by atoms with Crippen molar-refractivity contribution in [3.8, 4) is 0 Å². The molecule has 0 radical (unpaired) electrons. The maximum absolute atomic E-state index is 11.0. The smallest absolute Gasteiger partial charge is 0.266 e. The first-order chi connectivity index (χ1) is 7.79. The highest BCUT2D eigenvalue weighted by molar-refractivity contribution is 5.74. The molecule has 88 valence electrons. The second-order valence-electron chi connectivity index (χ2n) is 3.74. The van der Waals surface area contributed by atoms with Crippen molar-refractivity contribution in [2.24, 2.45) is 5.84 Å². The number of hydrogen-bond acceptors (Lipinski definition) is 6. The van der Waals surface area contributed by atoms with Crippen LogP contribution in [0, 0.1) is 0 Å². The van der Waals surface area contributed by atoms with Crippen LogP contribution in [-0.4, -0.2) is 39.2 Å². The Hall–Kier alpha value is -1.70. The fraction of sp³-hybridized carbons (Fsp3) is 0.750. The summed E-state index contributed by atoms with van der Waals surface area (Å²) in [6.07, 6.45) is 3.55. The van der Waals surface area contributed by atoms with Crippen LogP contribution in [0.1, 0.15) is 19.3 Å². The number of carbonyl (C=O) groups excluding carboxylic acids is 1. The van der Waals surface area contributed by atoms with Gasteiger partial charge in [0.1, 0.15) is 6.54 Å². The van der Waals surface area contributed by atoms with E-state index in [0.717, 1.165) is 25.9 Å². The summed E-state index contributed by atoms with van der Waals surface area (Å²) >= 11 is 0. The Morgan fingerprint density at radius 1 is 1.38 bits per heavy atom. The van der Waals surface area contributed by atoms with Crippen LogP contribution >= 0.6 is 0 Å². The highest BCUT2D eigenvalue weighted by Crippen LogP contribution is 2.13. The van der Waals surface area contributed by atoms with Gasteiger partial charge in [-0.15, -0.1) is 5.10 Å². The van der Waals surface area contributed by atoms with Crippen LogP contribution in [-0.2, 0) is 11.3 Å². The average Bonchev–Trinajstić information content (AvgIpc) is 2.78. The molecule has 1 aliphatic rings. The summed E-state index contributed by atoms with van der Waals surface area (Å²) in [6.45, 7) is 1.90. The zero-order valence-electron chi connectivity index (χ0n) is 8.96. The zero-order chi connectivity index (χ0) is 11.4. The molecule has 1 amide bonds. The average molecular weight is 225 g/mol. The van der Waals surface area contributed by atoms with Gasteiger partial charge in [-0.05, 0) is 24.5 Å². The van der Waals surface area contributed by atoms with E-state index in [1.165, 1.54) is 11.2 Å². The molecule has 0 unspecified atom stereocenters. The fourth-order valence-electron chi connectivity index (χ4n) is 1.70. The van der Waals surface area contributed by atoms with Gasteiger partial charge in [0, 0.05) is 13.1 Å². The third-order valence-electron chi connectivity index (χ3n) is 2.53. The van der Waals surface area contributed by atoms with Crippen LogP contribution in [0.3, 0.4) is 0 Å². The lowest BCUT2D eigenvalue weighted by atomic mass is 10.1. The van der Waals surface area contributed by atoms with Crippen molar-refractivity contribution >= 4 is 11.9 Å². The van der Waals surface area contributed by atoms with Crippen LogP contribution in [0.2, 0.25) is 0 Å². The summed E-state index contributed by atoms with van der Waals surface area (Å²) in [4.78, 5) is 14.3. The second-order valence-corrected chi connectivity index (χ2v) is 3.74. The van der Waals surface area contributed by atoms with Gasteiger partial charge >= 0.3 is 0 Å². The van der Waals surface area contributed by atoms with Gasteiger partial charge in [-0.1, -0.05) is 5.10 Å². The number of carbonyl (C=O) groups is 1. The molecule has 0 aromatic carbocycles. The molecule has 8 nitrogen and oxygen atoms in total. The first kappa shape index (κ1) is 10.8. The van der Waals surface area contributed by atoms with E-state index in [1.54, 1.807) is 0 Å². The van der Waals surface area contributed by atoms with Crippen molar-refractivity contribution < 1.29 is 4.79 Å². The highest BCUT2D eigenvalue weighted by Gasteiger charge is 2.16. The van der Waals surface area contributed by atoms with E-state index in [0.29, 0.717) is 5.95 Å². The minimum absolute atomic E-state index is 0.00264. The molecule has 0 saturated carbocycles. The van der Waals surface area contributed by atoms with Gasteiger partial charge in [-0.25, -0.2) is 5.84 Å². The highest BCUT2D eigenvalue weighted by atomic mass is 16.2. The van der Waals surface area contributed by atoms with E-state index in [1.807, 2.05) is 5.43 Å². The van der Waals surface area contributed by atoms with E-state index in [9.17, 15) is 4.79 Å². The van der Waals surface area contributed by atoms with Crippen LogP contribution < -0.4 is 16.2 Å². The molecule has 16 heavy (non-hydrogen) atoms. The molecule has 8 heteroatoms. The Labute approximate surface area is 92.7 Å². The van der Waals surface area contributed by atoms with Gasteiger partial charge in [-0.3, -0.25) is 10.2 Å². The summed E-state index contributed by atoms with van der Waals surface area (Å²) in [5.74, 6) is 5.21. The number of piperidine rings is 1. The Kier molecular flexibility index (Phi) is 3.30. The number of hydrogen-bond donors (Lipinski definition) is 2. The van der Waals surface area contributed by atoms with Crippen molar-refractivity contribution in [1.29, 1.82) is 0 Å². The molecular weight excluding hydrogens is 210 g/mol. The number of hydrazine groups is 1. The largest absolute Gasteiger partial charge is 0.338 e. The van der Waals surface area contributed by atoms with Crippen LogP contribution in [0.5, 0.6) is 0 Å². The van der Waals surface area contributed by atoms with Gasteiger partial charge < -0.3 is 4.90 Å². The number of tetrazole rings is 1. The Balaban J connectivity index is 1.98. The molecule has 1 saturated heterocycles. The van der Waals surface area contributed by atoms with E-state index in [4.69, 9.17) is 5.84 Å². The number of nitrogens with one attached hydrogen (secondary N) is 1. The first-order valence-electron chi connectivity index (χ1n) is 5.32. The number of aromatic nitrogens is 4. The van der Waals surface area contributed by atoms with E-state index in [-0.39, 0.29) is 12.5 Å². The lowest BCUT2D eigenvalue weighted by Crippen LogP contribution is -2.34. The van der Waals surface area contributed by atoms with E-state index >= 15 is 0 Å². The minimum Gasteiger partial charge on any atom is -0.338 e. The summed E-state index contributed by atoms with van der Waals surface area (Å²) in [7, 11) is 0. The lowest BCUT2D eigenvalue weighted by molar-refractivity contribution is -0.122. The maximum atomic E-state index is 11.0. The maximum Gasteiger partial charge on any atom is 0.266 e. The van der Waals surface area contributed by atoms with Crippen molar-refractivity contribution in [2.75, 3.05) is 18.0 Å². The molecule has 1 aliphatic heterocycles. The standard InChI is InChI=1S/C8H15N7O/c9-10-7(16)6-15-12-8(11-13-15)14-4-2-1-3-5-14/h1-6,9H2,(H,10,16). The molecule has 0 spiro atoms. The fourth-order valence-corrected chi connectivity index (χ4v) is 1.70. The van der Waals surface area contributed by atoms with Crippen molar-refractivity contribution in [3.63, 3.8) is 0 Å². The number of nitrogens with two attached hydrogens (primary N) is 1. The molecular formula is C8H15N7O. The zero-order valence-corrected chi connectivity index (χ0v) is 8.96. The Bertz CT molecular complexity index is 357. The third-order valence-corrected chi connectivity index (χ3v) is 2.53. The number of anilines is 1. The van der Waals surface area contributed by atoms with Crippen molar-refractivity contribution in [2.45, 2.75) is 25.8 Å². The molecule has 1 fully saturated rings. The molecule has 0 aliphatic carbocycles. The van der Waals surface area contributed by atoms with Gasteiger partial charge in [0.2, 0.25) is 0 Å². The quantitative estimate of drug-likeness (QED) is 0.375. The predicted octanol–water partition coefficient (Wildman–Crippen LogP) is -1.35. The SMILES string of the molecule is NNC(=O)Cn1nnc(N2CCCCC2)n1. The number of nitrogens with zero attached hydrogens (tertiary/aromatic N) is 5. The summed E-state index contributed by atoms with van der Waals surface area (Å²) in [5.41, 5.74) is 2.02. The topological polar surface area (TPSA) is 102 Å². The van der Waals surface area contributed by atoms with E-state index in [2.05, 4.69) is 20.3 Å². The molecule has 0 atom stereocenters. The molecule has 1 aromatic heterocycles. The van der Waals surface area contributed by atoms with E-state index < -0.39 is 0 Å². The number of amides is 1. The monoisotopic (exact) mass is 225 g/mol. The molecule has 0 bridgehead atoms. The molecule has 3 N–H and O–H groups in total. The van der Waals surface area contributed by atoms with Crippen molar-refractivity contribution in [3.05, 3.63) is 0 Å². The van der Waals surface area contributed by atoms with Gasteiger partial charge in [0.25, 0.3) is 11.9 Å². The van der Waals surface area contributed by atoms with Crippen LogP contribution in [0.15, 0.2) is 0 Å². The molecule has 1 aromatic rings. The van der Waals surface area contributed by atoms with Gasteiger partial charge in [0.05, 0.1) is 0 Å².